The predicted octanol–water partition coefficient (Wildman–Crippen LogP) is 5.65. The van der Waals surface area contributed by atoms with Gasteiger partial charge in [-0.2, -0.15) is 0 Å². The Morgan fingerprint density at radius 3 is 2.50 bits per heavy atom. The molecule has 5 rings (SSSR count). The molecular weight excluding hydrogens is 412 g/mol. The number of aryl methyl sites for hydroxylation is 2. The van der Waals surface area contributed by atoms with E-state index in [4.69, 9.17) is 9.51 Å². The maximum absolute atomic E-state index is 13.8. The minimum atomic E-state index is -0.855. The van der Waals surface area contributed by atoms with Gasteiger partial charge in [-0.15, -0.1) is 0 Å². The van der Waals surface area contributed by atoms with Crippen LogP contribution in [0.5, 0.6) is 0 Å². The number of hydrogen-bond donors (Lipinski definition) is 1. The van der Waals surface area contributed by atoms with Crippen LogP contribution in [0, 0.1) is 25.5 Å². The molecule has 1 aliphatic carbocycles. The minimum Gasteiger partial charge on any atom is -0.393 e. The highest BCUT2D eigenvalue weighted by atomic mass is 19.2. The van der Waals surface area contributed by atoms with Gasteiger partial charge in [0.1, 0.15) is 11.6 Å². The molecule has 32 heavy (non-hydrogen) atoms. The van der Waals surface area contributed by atoms with E-state index >= 15 is 0 Å². The lowest BCUT2D eigenvalue weighted by atomic mass is 9.92. The second-order valence-electron chi connectivity index (χ2n) is 8.69. The van der Waals surface area contributed by atoms with Crippen LogP contribution in [0.15, 0.2) is 40.9 Å². The van der Waals surface area contributed by atoms with E-state index in [1.807, 2.05) is 26.0 Å². The first-order valence-corrected chi connectivity index (χ1v) is 11.0. The molecule has 2 aromatic carbocycles. The number of rotatable bonds is 4. The highest BCUT2D eigenvalue weighted by Crippen LogP contribution is 2.36. The number of fused-ring (bicyclic) bond motifs is 1. The fourth-order valence-electron chi connectivity index (χ4n) is 4.88. The summed E-state index contributed by atoms with van der Waals surface area (Å²) in [5.74, 6) is -0.146. The largest absolute Gasteiger partial charge is 0.393 e. The van der Waals surface area contributed by atoms with Crippen LogP contribution in [0.25, 0.3) is 22.2 Å². The topological polar surface area (TPSA) is 64.1 Å². The van der Waals surface area contributed by atoms with Crippen molar-refractivity contribution < 1.29 is 18.4 Å². The summed E-state index contributed by atoms with van der Waals surface area (Å²) in [7, 11) is 0. The summed E-state index contributed by atoms with van der Waals surface area (Å²) < 4.78 is 34.8. The van der Waals surface area contributed by atoms with Gasteiger partial charge in [-0.05, 0) is 74.9 Å². The average molecular weight is 437 g/mol. The normalized spacial score (nSPS) is 19.0. The van der Waals surface area contributed by atoms with Gasteiger partial charge in [0, 0.05) is 18.0 Å². The molecule has 0 radical (unpaired) electrons. The van der Waals surface area contributed by atoms with E-state index in [0.717, 1.165) is 71.2 Å². The summed E-state index contributed by atoms with van der Waals surface area (Å²) in [4.78, 5) is 4.92. The van der Waals surface area contributed by atoms with Crippen molar-refractivity contribution in [2.45, 2.75) is 58.1 Å². The number of aromatic nitrogens is 3. The summed E-state index contributed by atoms with van der Waals surface area (Å²) in [5, 5.41) is 14.0. The molecule has 0 aliphatic heterocycles. The van der Waals surface area contributed by atoms with Crippen LogP contribution in [0.1, 0.15) is 54.6 Å². The van der Waals surface area contributed by atoms with E-state index in [2.05, 4.69) is 15.8 Å². The summed E-state index contributed by atoms with van der Waals surface area (Å²) in [6.45, 7) is 3.80. The predicted molar refractivity (Wildman–Crippen MR) is 117 cm³/mol. The molecule has 1 N–H and O–H groups in total. The molecular formula is C25H25F2N3O2. The van der Waals surface area contributed by atoms with Crippen molar-refractivity contribution in [1.82, 2.24) is 14.7 Å². The molecule has 4 aromatic rings. The number of benzene rings is 2. The van der Waals surface area contributed by atoms with Crippen LogP contribution < -0.4 is 0 Å². The van der Waals surface area contributed by atoms with Gasteiger partial charge in [-0.25, -0.2) is 13.8 Å². The molecule has 0 unspecified atom stereocenters. The number of nitrogens with zero attached hydrogens (tertiary/aromatic N) is 3. The Hall–Kier alpha value is -3.06. The van der Waals surface area contributed by atoms with Crippen LogP contribution in [-0.2, 0) is 6.42 Å². The molecule has 0 saturated heterocycles. The third-order valence-corrected chi connectivity index (χ3v) is 6.46. The lowest BCUT2D eigenvalue weighted by molar-refractivity contribution is 0.111. The van der Waals surface area contributed by atoms with Gasteiger partial charge in [0.25, 0.3) is 0 Å². The van der Waals surface area contributed by atoms with E-state index < -0.39 is 11.6 Å². The monoisotopic (exact) mass is 437 g/mol. The van der Waals surface area contributed by atoms with E-state index in [0.29, 0.717) is 12.0 Å². The third kappa shape index (κ3) is 3.71. The van der Waals surface area contributed by atoms with Crippen LogP contribution in [0.2, 0.25) is 0 Å². The Kier molecular flexibility index (Phi) is 5.29. The molecule has 1 aliphatic rings. The lowest BCUT2D eigenvalue weighted by Gasteiger charge is -2.28. The first-order chi connectivity index (χ1) is 15.4. The highest BCUT2D eigenvalue weighted by Gasteiger charge is 2.25. The summed E-state index contributed by atoms with van der Waals surface area (Å²) in [6, 6.07) is 10.3. The van der Waals surface area contributed by atoms with Gasteiger partial charge in [0.05, 0.1) is 22.8 Å². The molecule has 1 saturated carbocycles. The van der Waals surface area contributed by atoms with Crippen molar-refractivity contribution in [3.63, 3.8) is 0 Å². The van der Waals surface area contributed by atoms with Gasteiger partial charge in [-0.3, -0.25) is 0 Å². The smallest absolute Gasteiger partial charge is 0.159 e. The molecule has 2 aromatic heterocycles. The van der Waals surface area contributed by atoms with Crippen LogP contribution in [-0.4, -0.2) is 25.9 Å². The van der Waals surface area contributed by atoms with Gasteiger partial charge in [0.2, 0.25) is 0 Å². The second kappa shape index (κ2) is 8.13. The van der Waals surface area contributed by atoms with Gasteiger partial charge in [-0.1, -0.05) is 17.3 Å². The Morgan fingerprint density at radius 1 is 1.03 bits per heavy atom. The maximum atomic E-state index is 13.8. The fraction of sp³-hybridized carbons (Fsp3) is 0.360. The van der Waals surface area contributed by atoms with Gasteiger partial charge >= 0.3 is 0 Å². The number of hydrogen-bond acceptors (Lipinski definition) is 4. The SMILES string of the molecule is Cc1noc(C)c1-c1ccc2c(c1)nc(Cc1ccc(F)c(F)c1)n2C1CCC(O)CC1. The number of aliphatic hydroxyl groups is 1. The van der Waals surface area contributed by atoms with Crippen molar-refractivity contribution in [3.05, 3.63) is 70.9 Å². The van der Waals surface area contributed by atoms with Crippen molar-refractivity contribution in [1.29, 1.82) is 0 Å². The quantitative estimate of drug-likeness (QED) is 0.448. The lowest BCUT2D eigenvalue weighted by Crippen LogP contribution is -2.22. The molecule has 1 fully saturated rings. The molecule has 0 amide bonds. The summed E-state index contributed by atoms with van der Waals surface area (Å²) >= 11 is 0. The van der Waals surface area contributed by atoms with E-state index in [9.17, 15) is 13.9 Å². The number of aliphatic hydroxyl groups excluding tert-OH is 1. The molecule has 0 spiro atoms. The zero-order valence-corrected chi connectivity index (χ0v) is 18.1. The van der Waals surface area contributed by atoms with Crippen molar-refractivity contribution in [2.75, 3.05) is 0 Å². The first-order valence-electron chi connectivity index (χ1n) is 11.0. The highest BCUT2D eigenvalue weighted by molar-refractivity contribution is 5.83. The molecule has 0 bridgehead atoms. The second-order valence-corrected chi connectivity index (χ2v) is 8.69. The Labute approximate surface area is 184 Å². The Balaban J connectivity index is 1.61. The van der Waals surface area contributed by atoms with Gasteiger partial charge < -0.3 is 14.2 Å². The zero-order valence-electron chi connectivity index (χ0n) is 18.1. The minimum absolute atomic E-state index is 0.202. The van der Waals surface area contributed by atoms with Crippen LogP contribution >= 0.6 is 0 Å². The zero-order chi connectivity index (χ0) is 22.4. The van der Waals surface area contributed by atoms with Crippen LogP contribution in [0.3, 0.4) is 0 Å². The van der Waals surface area contributed by atoms with Crippen molar-refractivity contribution >= 4 is 11.0 Å². The number of halogens is 2. The third-order valence-electron chi connectivity index (χ3n) is 6.46. The standard InChI is InChI=1S/C25H25F2N3O2/c1-14-25(15(2)32-29-14)17-4-10-23-22(13-17)28-24(12-16-3-9-20(26)21(27)11-16)30(23)18-5-7-19(31)8-6-18/h3-4,9-11,13,18-19,31H,5-8,12H2,1-2H3. The molecule has 7 heteroatoms. The molecule has 0 atom stereocenters. The Bertz CT molecular complexity index is 1270. The molecule has 5 nitrogen and oxygen atoms in total. The average Bonchev–Trinajstić information content (AvgIpc) is 3.29. The summed E-state index contributed by atoms with van der Waals surface area (Å²) in [5.41, 5.74) is 5.28. The molecule has 2 heterocycles. The Morgan fingerprint density at radius 2 is 1.81 bits per heavy atom. The van der Waals surface area contributed by atoms with Crippen molar-refractivity contribution in [3.8, 4) is 11.1 Å². The number of imidazole rings is 1. The fourth-order valence-corrected chi connectivity index (χ4v) is 4.88. The molecule has 166 valence electrons. The maximum Gasteiger partial charge on any atom is 0.159 e. The van der Waals surface area contributed by atoms with Crippen molar-refractivity contribution in [2.24, 2.45) is 0 Å². The van der Waals surface area contributed by atoms with E-state index in [1.165, 1.54) is 6.07 Å². The van der Waals surface area contributed by atoms with Crippen LogP contribution in [0.4, 0.5) is 8.78 Å². The van der Waals surface area contributed by atoms with E-state index in [1.54, 1.807) is 6.07 Å². The van der Waals surface area contributed by atoms with E-state index in [-0.39, 0.29) is 12.1 Å². The summed E-state index contributed by atoms with van der Waals surface area (Å²) in [6.07, 6.45) is 3.32. The van der Waals surface area contributed by atoms with Gasteiger partial charge in [0.15, 0.2) is 11.6 Å². The first kappa shape index (κ1) is 20.8.